The Hall–Kier alpha value is -1.24. The lowest BCUT2D eigenvalue weighted by molar-refractivity contribution is 0.504. The molecule has 0 N–H and O–H groups in total. The van der Waals surface area contributed by atoms with Crippen LogP contribution in [0, 0.1) is 0 Å². The highest BCUT2D eigenvalue weighted by molar-refractivity contribution is 7.87. The number of aromatic nitrogens is 2. The van der Waals surface area contributed by atoms with Crippen LogP contribution in [-0.2, 0) is 13.9 Å². The second kappa shape index (κ2) is 3.73. The average molecular weight is 245 g/mol. The lowest BCUT2D eigenvalue weighted by atomic mass is 10.3. The Labute approximate surface area is 91.0 Å². The maximum absolute atomic E-state index is 11.2. The van der Waals surface area contributed by atoms with Crippen molar-refractivity contribution in [3.05, 3.63) is 30.5 Å². The van der Waals surface area contributed by atoms with Gasteiger partial charge in [0.25, 0.3) is 0 Å². The summed E-state index contributed by atoms with van der Waals surface area (Å²) in [5, 5.41) is -0.309. The van der Waals surface area contributed by atoms with Crippen LogP contribution in [0.3, 0.4) is 0 Å². The number of para-hydroxylation sites is 2. The first-order valence-electron chi connectivity index (χ1n) is 3.90. The number of halogens is 1. The predicted octanol–water partition coefficient (Wildman–Crippen LogP) is 1.49. The second-order valence-electron chi connectivity index (χ2n) is 2.71. The van der Waals surface area contributed by atoms with Crippen molar-refractivity contribution in [1.82, 2.24) is 9.97 Å². The van der Waals surface area contributed by atoms with Crippen molar-refractivity contribution < 1.29 is 12.2 Å². The van der Waals surface area contributed by atoms with Gasteiger partial charge in [0.15, 0.2) is 0 Å². The van der Waals surface area contributed by atoms with E-state index in [1.165, 1.54) is 0 Å². The first-order chi connectivity index (χ1) is 7.13. The molecule has 0 unspecified atom stereocenters. The highest BCUT2D eigenvalue weighted by Gasteiger charge is 2.17. The normalized spacial score (nSPS) is 11.8. The number of rotatable bonds is 2. The molecule has 0 saturated carbocycles. The first-order valence-corrected chi connectivity index (χ1v) is 5.62. The van der Waals surface area contributed by atoms with Crippen molar-refractivity contribution in [2.45, 2.75) is 5.03 Å². The maximum atomic E-state index is 11.2. The van der Waals surface area contributed by atoms with Crippen LogP contribution in [0.5, 0.6) is 0 Å². The van der Waals surface area contributed by atoms with E-state index in [2.05, 4.69) is 13.7 Å². The molecule has 7 heteroatoms. The molecule has 0 fully saturated rings. The van der Waals surface area contributed by atoms with Crippen LogP contribution in [0.15, 0.2) is 35.5 Å². The summed E-state index contributed by atoms with van der Waals surface area (Å²) in [7, 11) is -4.00. The molecule has 0 aliphatic rings. The minimum absolute atomic E-state index is 0.309. The zero-order chi connectivity index (χ0) is 10.9. The zero-order valence-corrected chi connectivity index (χ0v) is 8.86. The molecule has 0 saturated heterocycles. The van der Waals surface area contributed by atoms with Gasteiger partial charge in [0.05, 0.1) is 29.1 Å². The van der Waals surface area contributed by atoms with Gasteiger partial charge in [-0.15, -0.1) is 0 Å². The van der Waals surface area contributed by atoms with Crippen molar-refractivity contribution >= 4 is 33.0 Å². The lowest BCUT2D eigenvalue weighted by Crippen LogP contribution is -2.03. The fourth-order valence-corrected chi connectivity index (χ4v) is 1.74. The molecule has 0 atom stereocenters. The van der Waals surface area contributed by atoms with Gasteiger partial charge in [-0.1, -0.05) is 12.1 Å². The van der Waals surface area contributed by atoms with Crippen LogP contribution in [0.4, 0.5) is 0 Å². The minimum Gasteiger partial charge on any atom is -0.252 e. The van der Waals surface area contributed by atoms with Gasteiger partial charge in [0, 0.05) is 0 Å². The summed E-state index contributed by atoms with van der Waals surface area (Å²) >= 11 is 4.82. The quantitative estimate of drug-likeness (QED) is 0.801. The number of hydrogen-bond donors (Lipinski definition) is 0. The highest BCUT2D eigenvalue weighted by atomic mass is 35.5. The van der Waals surface area contributed by atoms with Gasteiger partial charge in [-0.05, 0) is 12.1 Å². The third-order valence-corrected chi connectivity index (χ3v) is 3.14. The van der Waals surface area contributed by atoms with Crippen LogP contribution in [0.25, 0.3) is 11.0 Å². The van der Waals surface area contributed by atoms with Crippen molar-refractivity contribution in [2.75, 3.05) is 0 Å². The molecule has 15 heavy (non-hydrogen) atoms. The van der Waals surface area contributed by atoms with Gasteiger partial charge in [-0.2, -0.15) is 12.2 Å². The lowest BCUT2D eigenvalue weighted by Gasteiger charge is -1.99. The van der Waals surface area contributed by atoms with Gasteiger partial charge in [-0.25, -0.2) is 4.98 Å². The molecule has 0 radical (unpaired) electrons. The summed E-state index contributed by atoms with van der Waals surface area (Å²) in [4.78, 5) is 7.77. The van der Waals surface area contributed by atoms with E-state index in [1.807, 2.05) is 0 Å². The Kier molecular flexibility index (Phi) is 2.56. The number of hydrogen-bond acceptors (Lipinski definition) is 5. The van der Waals surface area contributed by atoms with E-state index in [4.69, 9.17) is 11.9 Å². The van der Waals surface area contributed by atoms with E-state index in [-0.39, 0.29) is 5.03 Å². The van der Waals surface area contributed by atoms with E-state index in [9.17, 15) is 8.42 Å². The van der Waals surface area contributed by atoms with E-state index in [0.29, 0.717) is 11.0 Å². The molecule has 2 aromatic rings. The van der Waals surface area contributed by atoms with Gasteiger partial charge in [0.2, 0.25) is 5.03 Å². The highest BCUT2D eigenvalue weighted by Crippen LogP contribution is 2.14. The molecule has 1 aromatic heterocycles. The third-order valence-electron chi connectivity index (χ3n) is 1.77. The van der Waals surface area contributed by atoms with Crippen LogP contribution >= 0.6 is 11.9 Å². The average Bonchev–Trinajstić information content (AvgIpc) is 2.28. The van der Waals surface area contributed by atoms with Crippen molar-refractivity contribution in [1.29, 1.82) is 0 Å². The van der Waals surface area contributed by atoms with E-state index in [0.717, 1.165) is 6.20 Å². The molecule has 1 heterocycles. The molecule has 0 aliphatic heterocycles. The SMILES string of the molecule is O=S(=O)(OCl)c1cnc2ccccc2n1. The predicted molar refractivity (Wildman–Crippen MR) is 53.7 cm³/mol. The zero-order valence-electron chi connectivity index (χ0n) is 7.29. The largest absolute Gasteiger partial charge is 0.332 e. The van der Waals surface area contributed by atoms with Gasteiger partial charge >= 0.3 is 10.1 Å². The van der Waals surface area contributed by atoms with E-state index < -0.39 is 10.1 Å². The van der Waals surface area contributed by atoms with E-state index in [1.54, 1.807) is 24.3 Å². The monoisotopic (exact) mass is 244 g/mol. The Morgan fingerprint density at radius 3 is 2.53 bits per heavy atom. The Morgan fingerprint density at radius 1 is 1.20 bits per heavy atom. The smallest absolute Gasteiger partial charge is 0.252 e. The van der Waals surface area contributed by atoms with Crippen molar-refractivity contribution in [3.63, 3.8) is 0 Å². The summed E-state index contributed by atoms with van der Waals surface area (Å²) in [6, 6.07) is 6.88. The summed E-state index contributed by atoms with van der Waals surface area (Å²) in [5.74, 6) is 0. The Morgan fingerprint density at radius 2 is 1.87 bits per heavy atom. The molecule has 0 aliphatic carbocycles. The molecular formula is C8H5ClN2O3S. The van der Waals surface area contributed by atoms with Gasteiger partial charge < -0.3 is 0 Å². The third kappa shape index (κ3) is 1.92. The van der Waals surface area contributed by atoms with Gasteiger partial charge in [0.1, 0.15) is 0 Å². The molecular weight excluding hydrogens is 240 g/mol. The Bertz CT molecular complexity index is 600. The molecule has 0 bridgehead atoms. The molecule has 5 nitrogen and oxygen atoms in total. The van der Waals surface area contributed by atoms with Crippen LogP contribution in [0.2, 0.25) is 0 Å². The number of fused-ring (bicyclic) bond motifs is 1. The number of benzene rings is 1. The molecule has 78 valence electrons. The minimum atomic E-state index is -4.00. The molecule has 0 amide bonds. The van der Waals surface area contributed by atoms with Crippen LogP contribution < -0.4 is 0 Å². The maximum Gasteiger partial charge on any atom is 0.332 e. The van der Waals surface area contributed by atoms with E-state index >= 15 is 0 Å². The molecule has 2 rings (SSSR count). The summed E-state index contributed by atoms with van der Waals surface area (Å²) in [6.45, 7) is 0. The summed E-state index contributed by atoms with van der Waals surface area (Å²) < 4.78 is 26.2. The standard InChI is InChI=1S/C8H5ClN2O3S/c9-14-15(12,13)8-5-10-6-3-1-2-4-7(6)11-8/h1-5H. The van der Waals surface area contributed by atoms with Crippen LogP contribution in [-0.4, -0.2) is 18.4 Å². The first kappa shape index (κ1) is 10.3. The van der Waals surface area contributed by atoms with Crippen molar-refractivity contribution in [3.8, 4) is 0 Å². The molecule has 0 spiro atoms. The summed E-state index contributed by atoms with van der Waals surface area (Å²) in [5.41, 5.74) is 1.07. The second-order valence-corrected chi connectivity index (χ2v) is 4.54. The number of nitrogens with zero attached hydrogens (tertiary/aromatic N) is 2. The Balaban J connectivity index is 2.67. The van der Waals surface area contributed by atoms with Crippen LogP contribution in [0.1, 0.15) is 0 Å². The summed E-state index contributed by atoms with van der Waals surface area (Å²) in [6.07, 6.45) is 1.10. The molecule has 1 aromatic carbocycles. The fraction of sp³-hybridized carbons (Fsp3) is 0. The topological polar surface area (TPSA) is 69.2 Å². The van der Waals surface area contributed by atoms with Crippen molar-refractivity contribution in [2.24, 2.45) is 0 Å². The fourth-order valence-electron chi connectivity index (χ4n) is 1.09. The van der Waals surface area contributed by atoms with Gasteiger partial charge in [-0.3, -0.25) is 4.98 Å².